The van der Waals surface area contributed by atoms with Gasteiger partial charge >= 0.3 is 0 Å². The molecule has 0 fully saturated rings. The average molecular weight is 395 g/mol. The number of methoxy groups -OCH3 is 2. The van der Waals surface area contributed by atoms with Crippen molar-refractivity contribution in [3.63, 3.8) is 0 Å². The van der Waals surface area contributed by atoms with Crippen LogP contribution in [0, 0.1) is 13.8 Å². The highest BCUT2D eigenvalue weighted by Crippen LogP contribution is 2.30. The van der Waals surface area contributed by atoms with E-state index in [0.29, 0.717) is 17.9 Å². The summed E-state index contributed by atoms with van der Waals surface area (Å²) in [6.07, 6.45) is 0.609. The summed E-state index contributed by atoms with van der Waals surface area (Å²) in [5.41, 5.74) is 5.80. The average Bonchev–Trinajstić information content (AvgIpc) is 3.12. The standard InChI is InChI=1S/C21H22N4O2S/c1-13-5-7-16(9-14(13)2)17-12-28-21-23-22-20(25(21)24-17)11-15-6-8-18(26-3)19(10-15)27-4/h5-10H,11-12H2,1-4H3. The monoisotopic (exact) mass is 394 g/mol. The number of fused-ring (bicyclic) bond motifs is 1. The summed E-state index contributed by atoms with van der Waals surface area (Å²) in [5.74, 6) is 3.00. The van der Waals surface area contributed by atoms with Crippen molar-refractivity contribution in [3.8, 4) is 11.5 Å². The molecule has 28 heavy (non-hydrogen) atoms. The van der Waals surface area contributed by atoms with E-state index < -0.39 is 0 Å². The van der Waals surface area contributed by atoms with Crippen molar-refractivity contribution in [1.82, 2.24) is 14.9 Å². The zero-order valence-corrected chi connectivity index (χ0v) is 17.2. The van der Waals surface area contributed by atoms with Crippen molar-refractivity contribution in [2.45, 2.75) is 25.4 Å². The minimum absolute atomic E-state index is 0.609. The Morgan fingerprint density at radius 3 is 2.54 bits per heavy atom. The number of rotatable bonds is 5. The molecule has 6 nitrogen and oxygen atoms in total. The molecule has 7 heteroatoms. The van der Waals surface area contributed by atoms with Crippen LogP contribution >= 0.6 is 11.8 Å². The van der Waals surface area contributed by atoms with Crippen LogP contribution in [0.3, 0.4) is 0 Å². The molecule has 0 spiro atoms. The molecular formula is C21H22N4O2S. The first-order valence-corrected chi connectivity index (χ1v) is 10.0. The van der Waals surface area contributed by atoms with Crippen molar-refractivity contribution in [2.75, 3.05) is 20.0 Å². The van der Waals surface area contributed by atoms with E-state index >= 15 is 0 Å². The minimum atomic E-state index is 0.609. The molecule has 1 aromatic heterocycles. The molecule has 1 aliphatic heterocycles. The second-order valence-electron chi connectivity index (χ2n) is 6.71. The van der Waals surface area contributed by atoms with Gasteiger partial charge in [-0.15, -0.1) is 10.2 Å². The first-order valence-electron chi connectivity index (χ1n) is 9.02. The molecule has 3 aromatic rings. The van der Waals surface area contributed by atoms with Gasteiger partial charge in [0.25, 0.3) is 0 Å². The van der Waals surface area contributed by atoms with E-state index in [9.17, 15) is 0 Å². The lowest BCUT2D eigenvalue weighted by molar-refractivity contribution is 0.354. The third kappa shape index (κ3) is 3.49. The highest BCUT2D eigenvalue weighted by molar-refractivity contribution is 7.99. The number of thioether (sulfide) groups is 1. The zero-order valence-electron chi connectivity index (χ0n) is 16.4. The van der Waals surface area contributed by atoms with Crippen molar-refractivity contribution < 1.29 is 9.47 Å². The molecule has 0 unspecified atom stereocenters. The van der Waals surface area contributed by atoms with E-state index in [2.05, 4.69) is 42.2 Å². The van der Waals surface area contributed by atoms with Crippen molar-refractivity contribution in [3.05, 3.63) is 64.5 Å². The van der Waals surface area contributed by atoms with Crippen LogP contribution in [-0.4, -0.2) is 40.6 Å². The Morgan fingerprint density at radius 1 is 0.964 bits per heavy atom. The Balaban J connectivity index is 1.66. The van der Waals surface area contributed by atoms with Gasteiger partial charge in [-0.25, -0.2) is 0 Å². The molecule has 144 valence electrons. The maximum Gasteiger partial charge on any atom is 0.212 e. The van der Waals surface area contributed by atoms with Crippen LogP contribution in [0.1, 0.15) is 28.1 Å². The van der Waals surface area contributed by atoms with Crippen LogP contribution in [0.25, 0.3) is 0 Å². The molecule has 2 heterocycles. The van der Waals surface area contributed by atoms with Gasteiger partial charge in [-0.2, -0.15) is 9.78 Å². The number of aromatic nitrogens is 3. The van der Waals surface area contributed by atoms with Crippen LogP contribution in [0.2, 0.25) is 0 Å². The van der Waals surface area contributed by atoms with Gasteiger partial charge in [0.15, 0.2) is 17.3 Å². The van der Waals surface area contributed by atoms with E-state index in [0.717, 1.165) is 33.6 Å². The predicted molar refractivity (Wildman–Crippen MR) is 111 cm³/mol. The van der Waals surface area contributed by atoms with E-state index in [1.165, 1.54) is 11.1 Å². The Kier molecular flexibility index (Phi) is 5.09. The molecule has 0 aliphatic carbocycles. The highest BCUT2D eigenvalue weighted by Gasteiger charge is 2.20. The molecule has 0 atom stereocenters. The number of hydrogen-bond acceptors (Lipinski definition) is 6. The highest BCUT2D eigenvalue weighted by atomic mass is 32.2. The Morgan fingerprint density at radius 2 is 1.79 bits per heavy atom. The zero-order chi connectivity index (χ0) is 19.7. The fourth-order valence-corrected chi connectivity index (χ4v) is 3.97. The fraction of sp³-hybridized carbons (Fsp3) is 0.286. The van der Waals surface area contributed by atoms with E-state index in [1.807, 2.05) is 22.9 Å². The van der Waals surface area contributed by atoms with Crippen molar-refractivity contribution in [1.29, 1.82) is 0 Å². The van der Waals surface area contributed by atoms with Crippen molar-refractivity contribution >= 4 is 17.5 Å². The maximum atomic E-state index is 5.40. The molecule has 2 aromatic carbocycles. The SMILES string of the molecule is COc1ccc(Cc2nnc3n2N=C(c2ccc(C)c(C)c2)CS3)cc1OC. The van der Waals surface area contributed by atoms with Gasteiger partial charge in [0, 0.05) is 12.2 Å². The summed E-state index contributed by atoms with van der Waals surface area (Å²) in [6.45, 7) is 4.25. The molecule has 0 bridgehead atoms. The van der Waals surface area contributed by atoms with Crippen molar-refractivity contribution in [2.24, 2.45) is 5.10 Å². The minimum Gasteiger partial charge on any atom is -0.493 e. The topological polar surface area (TPSA) is 61.5 Å². The first kappa shape index (κ1) is 18.6. The maximum absolute atomic E-state index is 5.40. The third-order valence-electron chi connectivity index (χ3n) is 4.89. The summed E-state index contributed by atoms with van der Waals surface area (Å²) in [5, 5.41) is 14.3. The summed E-state index contributed by atoms with van der Waals surface area (Å²) >= 11 is 1.66. The largest absolute Gasteiger partial charge is 0.493 e. The summed E-state index contributed by atoms with van der Waals surface area (Å²) in [6, 6.07) is 12.3. The van der Waals surface area contributed by atoms with Gasteiger partial charge in [0.1, 0.15) is 0 Å². The number of ether oxygens (including phenoxy) is 2. The van der Waals surface area contributed by atoms with Crippen LogP contribution in [0.4, 0.5) is 0 Å². The summed E-state index contributed by atoms with van der Waals surface area (Å²) in [4.78, 5) is 0. The van der Waals surface area contributed by atoms with Gasteiger partial charge in [0.2, 0.25) is 5.16 Å². The lowest BCUT2D eigenvalue weighted by Crippen LogP contribution is -2.15. The molecule has 4 rings (SSSR count). The third-order valence-corrected chi connectivity index (χ3v) is 5.82. The second kappa shape index (κ2) is 7.67. The molecule has 0 radical (unpaired) electrons. The second-order valence-corrected chi connectivity index (χ2v) is 7.65. The van der Waals surface area contributed by atoms with Crippen LogP contribution < -0.4 is 9.47 Å². The molecule has 0 amide bonds. The number of hydrogen-bond donors (Lipinski definition) is 0. The Bertz CT molecular complexity index is 1060. The lowest BCUT2D eigenvalue weighted by Gasteiger charge is -2.15. The van der Waals surface area contributed by atoms with Crippen LogP contribution in [0.5, 0.6) is 11.5 Å². The fourth-order valence-electron chi connectivity index (χ4n) is 3.11. The predicted octanol–water partition coefficient (Wildman–Crippen LogP) is 3.86. The van der Waals surface area contributed by atoms with Crippen LogP contribution in [-0.2, 0) is 6.42 Å². The lowest BCUT2D eigenvalue weighted by atomic mass is 10.0. The molecule has 1 aliphatic rings. The number of aryl methyl sites for hydroxylation is 2. The quantitative estimate of drug-likeness (QED) is 0.658. The van der Waals surface area contributed by atoms with Crippen LogP contribution in [0.15, 0.2) is 46.7 Å². The van der Waals surface area contributed by atoms with E-state index in [1.54, 1.807) is 26.0 Å². The Labute approximate surface area is 168 Å². The van der Waals surface area contributed by atoms with Gasteiger partial charge in [-0.1, -0.05) is 30.0 Å². The summed E-state index contributed by atoms with van der Waals surface area (Å²) < 4.78 is 12.6. The first-order chi connectivity index (χ1) is 13.6. The normalized spacial score (nSPS) is 13.1. The van der Waals surface area contributed by atoms with Gasteiger partial charge in [-0.05, 0) is 54.3 Å². The van der Waals surface area contributed by atoms with Gasteiger partial charge < -0.3 is 9.47 Å². The number of benzene rings is 2. The molecule has 0 N–H and O–H groups in total. The van der Waals surface area contributed by atoms with Gasteiger partial charge in [0.05, 0.1) is 19.9 Å². The number of nitrogens with zero attached hydrogens (tertiary/aromatic N) is 4. The Hall–Kier alpha value is -2.80. The molecule has 0 saturated carbocycles. The van der Waals surface area contributed by atoms with Gasteiger partial charge in [-0.3, -0.25) is 0 Å². The van der Waals surface area contributed by atoms with E-state index in [4.69, 9.17) is 14.6 Å². The summed E-state index contributed by atoms with van der Waals surface area (Å²) in [7, 11) is 3.27. The van der Waals surface area contributed by atoms with E-state index in [-0.39, 0.29) is 0 Å². The molecule has 0 saturated heterocycles. The molecular weight excluding hydrogens is 372 g/mol. The smallest absolute Gasteiger partial charge is 0.212 e.